The number of hydrogen-bond donors (Lipinski definition) is 2. The monoisotopic (exact) mass is 444 g/mol. The molecule has 6 heteroatoms. The van der Waals surface area contributed by atoms with Crippen LogP contribution >= 0.6 is 15.9 Å². The number of amides is 1. The SMILES string of the molecule is O=C(NNc1ccc(Br)cc1)c1nc(-c2ccccc2)cc(-c2ccccc2)n1. The molecule has 0 saturated carbocycles. The molecule has 4 rings (SSSR count). The fourth-order valence-electron chi connectivity index (χ4n) is 2.78. The second kappa shape index (κ2) is 8.67. The summed E-state index contributed by atoms with van der Waals surface area (Å²) < 4.78 is 0.959. The lowest BCUT2D eigenvalue weighted by molar-refractivity contribution is 0.0952. The van der Waals surface area contributed by atoms with Gasteiger partial charge in [0.1, 0.15) is 0 Å². The van der Waals surface area contributed by atoms with Gasteiger partial charge in [-0.2, -0.15) is 0 Å². The fourth-order valence-corrected chi connectivity index (χ4v) is 3.04. The molecule has 0 atom stereocenters. The first kappa shape index (κ1) is 18.8. The van der Waals surface area contributed by atoms with E-state index in [1.165, 1.54) is 0 Å². The van der Waals surface area contributed by atoms with E-state index in [-0.39, 0.29) is 5.82 Å². The first-order chi connectivity index (χ1) is 14.2. The third-order valence-electron chi connectivity index (χ3n) is 4.23. The third-order valence-corrected chi connectivity index (χ3v) is 4.76. The molecule has 0 fully saturated rings. The van der Waals surface area contributed by atoms with Gasteiger partial charge in [0, 0.05) is 15.6 Å². The number of hydrazine groups is 1. The highest BCUT2D eigenvalue weighted by atomic mass is 79.9. The maximum absolute atomic E-state index is 12.7. The minimum absolute atomic E-state index is 0.0924. The zero-order valence-electron chi connectivity index (χ0n) is 15.3. The van der Waals surface area contributed by atoms with E-state index in [4.69, 9.17) is 0 Å². The highest BCUT2D eigenvalue weighted by Gasteiger charge is 2.14. The number of anilines is 1. The van der Waals surface area contributed by atoms with Crippen LogP contribution < -0.4 is 10.9 Å². The molecule has 4 aromatic rings. The third kappa shape index (κ3) is 4.67. The van der Waals surface area contributed by atoms with Crippen molar-refractivity contribution in [1.82, 2.24) is 15.4 Å². The summed E-state index contributed by atoms with van der Waals surface area (Å²) in [6.45, 7) is 0. The van der Waals surface area contributed by atoms with E-state index in [0.717, 1.165) is 21.3 Å². The number of carbonyl (C=O) groups is 1. The van der Waals surface area contributed by atoms with Gasteiger partial charge in [0.15, 0.2) is 0 Å². The van der Waals surface area contributed by atoms with Crippen LogP contribution in [0.15, 0.2) is 95.5 Å². The molecular formula is C23H17BrN4O. The van der Waals surface area contributed by atoms with Crippen LogP contribution in [0, 0.1) is 0 Å². The minimum Gasteiger partial charge on any atom is -0.298 e. The number of nitrogens with one attached hydrogen (secondary N) is 2. The quantitative estimate of drug-likeness (QED) is 0.408. The summed E-state index contributed by atoms with van der Waals surface area (Å²) in [6.07, 6.45) is 0. The number of hydrogen-bond acceptors (Lipinski definition) is 4. The van der Waals surface area contributed by atoms with Crippen molar-refractivity contribution in [2.75, 3.05) is 5.43 Å². The molecule has 0 unspecified atom stereocenters. The summed E-state index contributed by atoms with van der Waals surface area (Å²) in [6, 6.07) is 28.8. The van der Waals surface area contributed by atoms with Gasteiger partial charge in [-0.05, 0) is 30.3 Å². The molecule has 0 bridgehead atoms. The topological polar surface area (TPSA) is 66.9 Å². The van der Waals surface area contributed by atoms with E-state index >= 15 is 0 Å². The van der Waals surface area contributed by atoms with E-state index in [2.05, 4.69) is 36.7 Å². The van der Waals surface area contributed by atoms with E-state index in [1.54, 1.807) is 0 Å². The Hall–Kier alpha value is -3.51. The van der Waals surface area contributed by atoms with Crippen LogP contribution in [0.3, 0.4) is 0 Å². The maximum atomic E-state index is 12.7. The Morgan fingerprint density at radius 2 is 1.24 bits per heavy atom. The molecule has 0 radical (unpaired) electrons. The van der Waals surface area contributed by atoms with Crippen molar-refractivity contribution < 1.29 is 4.79 Å². The molecule has 29 heavy (non-hydrogen) atoms. The predicted molar refractivity (Wildman–Crippen MR) is 118 cm³/mol. The van der Waals surface area contributed by atoms with Crippen LogP contribution in [-0.2, 0) is 0 Å². The van der Waals surface area contributed by atoms with Crippen molar-refractivity contribution in [2.45, 2.75) is 0 Å². The van der Waals surface area contributed by atoms with Crippen molar-refractivity contribution in [3.63, 3.8) is 0 Å². The fraction of sp³-hybridized carbons (Fsp3) is 0. The van der Waals surface area contributed by atoms with Crippen molar-refractivity contribution in [3.05, 3.63) is 101 Å². The van der Waals surface area contributed by atoms with Gasteiger partial charge in [-0.25, -0.2) is 9.97 Å². The first-order valence-electron chi connectivity index (χ1n) is 9.01. The summed E-state index contributed by atoms with van der Waals surface area (Å²) in [7, 11) is 0. The van der Waals surface area contributed by atoms with Crippen molar-refractivity contribution in [2.24, 2.45) is 0 Å². The van der Waals surface area contributed by atoms with Gasteiger partial charge < -0.3 is 0 Å². The first-order valence-corrected chi connectivity index (χ1v) is 9.80. The Labute approximate surface area is 177 Å². The number of rotatable bonds is 5. The van der Waals surface area contributed by atoms with Gasteiger partial charge in [0.2, 0.25) is 5.82 Å². The summed E-state index contributed by atoms with van der Waals surface area (Å²) >= 11 is 3.39. The highest BCUT2D eigenvalue weighted by Crippen LogP contribution is 2.23. The second-order valence-corrected chi connectivity index (χ2v) is 7.20. The molecule has 0 aliphatic carbocycles. The van der Waals surface area contributed by atoms with Crippen LogP contribution in [0.25, 0.3) is 22.5 Å². The average molecular weight is 445 g/mol. The van der Waals surface area contributed by atoms with Gasteiger partial charge in [-0.15, -0.1) is 0 Å². The Kier molecular flexibility index (Phi) is 5.63. The predicted octanol–water partition coefficient (Wildman–Crippen LogP) is 5.33. The van der Waals surface area contributed by atoms with Crippen LogP contribution in [-0.4, -0.2) is 15.9 Å². The zero-order chi connectivity index (χ0) is 20.1. The van der Waals surface area contributed by atoms with Crippen molar-refractivity contribution >= 4 is 27.5 Å². The van der Waals surface area contributed by atoms with Gasteiger partial charge in [0.05, 0.1) is 17.1 Å². The summed E-state index contributed by atoms with van der Waals surface area (Å²) in [4.78, 5) is 21.7. The van der Waals surface area contributed by atoms with Crippen molar-refractivity contribution in [1.29, 1.82) is 0 Å². The Bertz CT molecular complexity index is 1060. The molecule has 2 N–H and O–H groups in total. The van der Waals surface area contributed by atoms with Crippen LogP contribution in [0.2, 0.25) is 0 Å². The lowest BCUT2D eigenvalue weighted by Crippen LogP contribution is -2.31. The molecule has 3 aromatic carbocycles. The number of benzene rings is 3. The van der Waals surface area contributed by atoms with Crippen LogP contribution in [0.4, 0.5) is 5.69 Å². The minimum atomic E-state index is -0.414. The Morgan fingerprint density at radius 3 is 1.76 bits per heavy atom. The number of halogens is 1. The molecular weight excluding hydrogens is 428 g/mol. The highest BCUT2D eigenvalue weighted by molar-refractivity contribution is 9.10. The standard InChI is InChI=1S/C23H17BrN4O/c24-18-11-13-19(14-12-18)27-28-23(29)22-25-20(16-7-3-1-4-8-16)15-21(26-22)17-9-5-2-6-10-17/h1-15,27H,(H,28,29). The Balaban J connectivity index is 1.66. The molecule has 1 heterocycles. The second-order valence-electron chi connectivity index (χ2n) is 6.28. The van der Waals surface area contributed by atoms with E-state index in [1.807, 2.05) is 91.0 Å². The molecule has 1 aromatic heterocycles. The largest absolute Gasteiger partial charge is 0.307 e. The molecule has 0 aliphatic rings. The van der Waals surface area contributed by atoms with Crippen LogP contribution in [0.5, 0.6) is 0 Å². The molecule has 0 aliphatic heterocycles. The normalized spacial score (nSPS) is 10.4. The van der Waals surface area contributed by atoms with Gasteiger partial charge >= 0.3 is 5.91 Å². The molecule has 0 saturated heterocycles. The van der Waals surface area contributed by atoms with E-state index in [0.29, 0.717) is 11.4 Å². The molecule has 1 amide bonds. The molecule has 5 nitrogen and oxygen atoms in total. The number of carbonyl (C=O) groups excluding carboxylic acids is 1. The zero-order valence-corrected chi connectivity index (χ0v) is 16.9. The average Bonchev–Trinajstić information content (AvgIpc) is 2.79. The summed E-state index contributed by atoms with van der Waals surface area (Å²) in [5.41, 5.74) is 9.52. The summed E-state index contributed by atoms with van der Waals surface area (Å²) in [5, 5.41) is 0. The molecule has 142 valence electrons. The van der Waals surface area contributed by atoms with Gasteiger partial charge in [-0.3, -0.25) is 15.6 Å². The van der Waals surface area contributed by atoms with Gasteiger partial charge in [0.25, 0.3) is 0 Å². The smallest absolute Gasteiger partial charge is 0.298 e. The number of nitrogens with zero attached hydrogens (tertiary/aromatic N) is 2. The van der Waals surface area contributed by atoms with E-state index in [9.17, 15) is 4.79 Å². The van der Waals surface area contributed by atoms with E-state index < -0.39 is 5.91 Å². The lowest BCUT2D eigenvalue weighted by atomic mass is 10.1. The van der Waals surface area contributed by atoms with Crippen LogP contribution in [0.1, 0.15) is 10.6 Å². The lowest BCUT2D eigenvalue weighted by Gasteiger charge is -2.11. The summed E-state index contributed by atoms with van der Waals surface area (Å²) in [5.74, 6) is -0.322. The van der Waals surface area contributed by atoms with Crippen molar-refractivity contribution in [3.8, 4) is 22.5 Å². The molecule has 0 spiro atoms. The van der Waals surface area contributed by atoms with Gasteiger partial charge in [-0.1, -0.05) is 76.6 Å². The maximum Gasteiger partial charge on any atom is 0.307 e. The Morgan fingerprint density at radius 1 is 0.724 bits per heavy atom. The number of aromatic nitrogens is 2.